The number of hydrogen-bond acceptors (Lipinski definition) is 8. The lowest BCUT2D eigenvalue weighted by molar-refractivity contribution is -0.384. The van der Waals surface area contributed by atoms with Crippen LogP contribution in [0.3, 0.4) is 0 Å². The number of nitrogens with zero attached hydrogens (tertiary/aromatic N) is 2. The highest BCUT2D eigenvalue weighted by Gasteiger charge is 2.69. The number of non-ortho nitro benzene ring substituents is 1. The number of H-pyrrole nitrogens is 1. The number of anilines is 1. The molecule has 2 amide bonds. The number of carbonyl (C=O) groups is 2. The zero-order valence-corrected chi connectivity index (χ0v) is 20.2. The van der Waals surface area contributed by atoms with Crippen molar-refractivity contribution in [3.63, 3.8) is 0 Å². The summed E-state index contributed by atoms with van der Waals surface area (Å²) in [7, 11) is 0. The van der Waals surface area contributed by atoms with E-state index in [0.29, 0.717) is 5.69 Å². The molecule has 11 heteroatoms. The molecular formula is C25H19N3O6S2. The number of benzene rings is 2. The maximum atomic E-state index is 13.7. The number of nitro groups is 1. The molecule has 2 bridgehead atoms. The van der Waals surface area contributed by atoms with Crippen molar-refractivity contribution in [1.82, 2.24) is 4.98 Å². The number of thioether (sulfide) groups is 1. The number of aromatic amines is 1. The molecule has 2 saturated carbocycles. The van der Waals surface area contributed by atoms with Crippen molar-refractivity contribution < 1.29 is 19.6 Å². The lowest BCUT2D eigenvalue weighted by Crippen LogP contribution is -2.42. The van der Waals surface area contributed by atoms with Crippen LogP contribution >= 0.6 is 23.1 Å². The van der Waals surface area contributed by atoms with E-state index < -0.39 is 16.8 Å². The fraction of sp³-hybridized carbons (Fsp3) is 0.320. The molecule has 5 unspecified atom stereocenters. The van der Waals surface area contributed by atoms with Gasteiger partial charge < -0.3 is 10.1 Å². The molecule has 0 radical (unpaired) electrons. The van der Waals surface area contributed by atoms with E-state index >= 15 is 0 Å². The van der Waals surface area contributed by atoms with Crippen LogP contribution in [0.15, 0.2) is 58.4 Å². The van der Waals surface area contributed by atoms with Gasteiger partial charge in [-0.15, -0.1) is 11.8 Å². The van der Waals surface area contributed by atoms with Crippen LogP contribution in [0, 0.1) is 39.7 Å². The molecule has 1 aromatic heterocycles. The minimum Gasteiger partial charge on any atom is -0.508 e. The van der Waals surface area contributed by atoms with Crippen LogP contribution in [0.25, 0.3) is 0 Å². The first-order chi connectivity index (χ1) is 17.3. The number of hydrogen-bond donors (Lipinski definition) is 2. The molecule has 0 spiro atoms. The van der Waals surface area contributed by atoms with Crippen LogP contribution in [0.4, 0.5) is 11.4 Å². The molecule has 4 aliphatic rings. The summed E-state index contributed by atoms with van der Waals surface area (Å²) in [6, 6.07) is 12.6. The second kappa shape index (κ2) is 7.53. The van der Waals surface area contributed by atoms with Crippen LogP contribution in [0.5, 0.6) is 5.75 Å². The Kier molecular flexibility index (Phi) is 4.56. The largest absolute Gasteiger partial charge is 0.508 e. The number of para-hydroxylation sites is 1. The molecule has 3 aromatic rings. The van der Waals surface area contributed by atoms with E-state index in [2.05, 4.69) is 4.98 Å². The number of nitrogens with one attached hydrogen (secondary N) is 1. The molecule has 2 aliphatic heterocycles. The average Bonchev–Trinajstić information content (AvgIpc) is 3.58. The SMILES string of the molecule is O=C1C2C(C(=O)N1c1ccc([N+](=O)[O-])cc1)[C@@H]1C[C@H]2C2Sc3[nH]c(=O)sc3C(c3ccccc3O)C21. The number of phenolic OH excluding ortho intramolecular Hbond substituents is 1. The quantitative estimate of drug-likeness (QED) is 0.305. The van der Waals surface area contributed by atoms with Crippen molar-refractivity contribution in [2.24, 2.45) is 29.6 Å². The van der Waals surface area contributed by atoms with Gasteiger partial charge >= 0.3 is 4.87 Å². The molecule has 2 aliphatic carbocycles. The van der Waals surface area contributed by atoms with Crippen LogP contribution in [-0.4, -0.2) is 32.1 Å². The Morgan fingerprint density at radius 2 is 1.69 bits per heavy atom. The van der Waals surface area contributed by atoms with Crippen LogP contribution in [0.2, 0.25) is 0 Å². The summed E-state index contributed by atoms with van der Waals surface area (Å²) in [4.78, 5) is 55.0. The fourth-order valence-electron chi connectivity index (χ4n) is 7.09. The minimum atomic E-state index is -0.517. The van der Waals surface area contributed by atoms with Crippen LogP contribution in [-0.2, 0) is 9.59 Å². The van der Waals surface area contributed by atoms with Gasteiger partial charge in [0.25, 0.3) is 5.69 Å². The number of aromatic nitrogens is 1. The number of rotatable bonds is 3. The Morgan fingerprint density at radius 3 is 2.39 bits per heavy atom. The number of thiazole rings is 1. The second-order valence-corrected chi connectivity index (χ2v) is 12.0. The van der Waals surface area contributed by atoms with Gasteiger partial charge in [0.2, 0.25) is 11.8 Å². The summed E-state index contributed by atoms with van der Waals surface area (Å²) < 4.78 is 0. The first-order valence-corrected chi connectivity index (χ1v) is 13.3. The van der Waals surface area contributed by atoms with E-state index in [0.717, 1.165) is 33.2 Å². The van der Waals surface area contributed by atoms with E-state index in [1.54, 1.807) is 23.9 Å². The monoisotopic (exact) mass is 521 g/mol. The highest BCUT2D eigenvalue weighted by molar-refractivity contribution is 8.00. The maximum absolute atomic E-state index is 13.7. The number of amides is 2. The van der Waals surface area contributed by atoms with Gasteiger partial charge in [0, 0.05) is 33.7 Å². The van der Waals surface area contributed by atoms with Gasteiger partial charge in [-0.3, -0.25) is 29.4 Å². The van der Waals surface area contributed by atoms with Crippen molar-refractivity contribution in [1.29, 1.82) is 0 Å². The normalized spacial score (nSPS) is 31.9. The van der Waals surface area contributed by atoms with Crippen LogP contribution in [0.1, 0.15) is 22.8 Å². The van der Waals surface area contributed by atoms with Crippen LogP contribution < -0.4 is 9.77 Å². The average molecular weight is 522 g/mol. The molecule has 2 aromatic carbocycles. The van der Waals surface area contributed by atoms with Gasteiger partial charge in [0.15, 0.2) is 0 Å². The number of carbonyl (C=O) groups excluding carboxylic acids is 2. The second-order valence-electron chi connectivity index (χ2n) is 9.80. The molecule has 182 valence electrons. The van der Waals surface area contributed by atoms with Gasteiger partial charge in [-0.1, -0.05) is 29.5 Å². The molecular weight excluding hydrogens is 502 g/mol. The summed E-state index contributed by atoms with van der Waals surface area (Å²) in [5.41, 5.74) is 0.976. The number of aromatic hydroxyl groups is 1. The van der Waals surface area contributed by atoms with E-state index in [4.69, 9.17) is 0 Å². The topological polar surface area (TPSA) is 134 Å². The van der Waals surface area contributed by atoms with E-state index in [-0.39, 0.29) is 57.0 Å². The lowest BCUT2D eigenvalue weighted by Gasteiger charge is -2.43. The van der Waals surface area contributed by atoms with Crippen molar-refractivity contribution >= 4 is 46.3 Å². The molecule has 2 N–H and O–H groups in total. The molecule has 9 nitrogen and oxygen atoms in total. The predicted molar refractivity (Wildman–Crippen MR) is 132 cm³/mol. The molecule has 7 rings (SSSR count). The van der Waals surface area contributed by atoms with Gasteiger partial charge in [-0.25, -0.2) is 0 Å². The van der Waals surface area contributed by atoms with Crippen molar-refractivity contribution in [2.75, 3.05) is 4.90 Å². The predicted octanol–water partition coefficient (Wildman–Crippen LogP) is 3.73. The summed E-state index contributed by atoms with van der Waals surface area (Å²) in [5.74, 6) is -1.68. The van der Waals surface area contributed by atoms with E-state index in [9.17, 15) is 29.6 Å². The molecule has 3 fully saturated rings. The number of phenols is 1. The highest BCUT2D eigenvalue weighted by Crippen LogP contribution is 2.69. The first-order valence-electron chi connectivity index (χ1n) is 11.6. The minimum absolute atomic E-state index is 0.0120. The molecule has 1 saturated heterocycles. The highest BCUT2D eigenvalue weighted by atomic mass is 32.2. The smallest absolute Gasteiger partial charge is 0.305 e. The van der Waals surface area contributed by atoms with E-state index in [1.165, 1.54) is 29.2 Å². The third-order valence-corrected chi connectivity index (χ3v) is 10.9. The summed E-state index contributed by atoms with van der Waals surface area (Å²) in [6.45, 7) is 0. The first kappa shape index (κ1) is 21.8. The fourth-order valence-corrected chi connectivity index (χ4v) is 9.97. The molecule has 3 heterocycles. The maximum Gasteiger partial charge on any atom is 0.305 e. The third-order valence-electron chi connectivity index (χ3n) is 8.31. The van der Waals surface area contributed by atoms with Crippen molar-refractivity contribution in [3.05, 3.63) is 78.8 Å². The summed E-state index contributed by atoms with van der Waals surface area (Å²) in [6.07, 6.45) is 0.743. The Balaban J connectivity index is 1.31. The van der Waals surface area contributed by atoms with Crippen molar-refractivity contribution in [2.45, 2.75) is 22.6 Å². The summed E-state index contributed by atoms with van der Waals surface area (Å²) >= 11 is 2.73. The summed E-state index contributed by atoms with van der Waals surface area (Å²) in [5, 5.41) is 22.6. The zero-order valence-electron chi connectivity index (χ0n) is 18.6. The zero-order chi connectivity index (χ0) is 24.9. The number of fused-ring (bicyclic) bond motifs is 9. The van der Waals surface area contributed by atoms with Gasteiger partial charge in [-0.05, 0) is 42.4 Å². The Morgan fingerprint density at radius 1 is 1.00 bits per heavy atom. The standard InChI is InChI=1S/C25H19N3O6S2/c29-15-4-2-1-3-12(15)16-17-13-9-14(20(17)35-22-21(16)36-25(32)26-22)19-18(13)23(30)27(24(19)31)10-5-7-11(8-6-10)28(33)34/h1-8,13-14,16-20,29H,9H2,(H,26,32)/t13-,14-,16?,17?,18?,19?,20?/m1/s1. The third kappa shape index (κ3) is 2.81. The number of nitro benzene ring substituents is 1. The Bertz CT molecular complexity index is 1510. The van der Waals surface area contributed by atoms with Gasteiger partial charge in [0.1, 0.15) is 5.75 Å². The molecule has 36 heavy (non-hydrogen) atoms. The number of imide groups is 1. The Hall–Kier alpha value is -3.44. The molecule has 7 atom stereocenters. The van der Waals surface area contributed by atoms with Crippen molar-refractivity contribution in [3.8, 4) is 5.75 Å². The van der Waals surface area contributed by atoms with E-state index in [1.807, 2.05) is 12.1 Å². The van der Waals surface area contributed by atoms with Gasteiger partial charge in [-0.2, -0.15) is 0 Å². The van der Waals surface area contributed by atoms with Gasteiger partial charge in [0.05, 0.1) is 27.5 Å². The Labute approximate surface area is 212 Å². The lowest BCUT2D eigenvalue weighted by atomic mass is 9.68.